The third-order valence-electron chi connectivity index (χ3n) is 13.4. The van der Waals surface area contributed by atoms with Gasteiger partial charge < -0.3 is 29.6 Å². The van der Waals surface area contributed by atoms with Gasteiger partial charge in [-0.25, -0.2) is 0 Å². The van der Waals surface area contributed by atoms with E-state index in [0.717, 1.165) is 86.0 Å². The highest BCUT2D eigenvalue weighted by molar-refractivity contribution is 5.53. The minimum Gasteiger partial charge on any atom is -0.508 e. The van der Waals surface area contributed by atoms with E-state index >= 15 is 0 Å². The molecule has 0 radical (unpaired) electrons. The van der Waals surface area contributed by atoms with Gasteiger partial charge in [0.25, 0.3) is 5.09 Å². The maximum atomic E-state index is 10.9. The molecule has 2 heterocycles. The zero-order valence-corrected chi connectivity index (χ0v) is 34.7. The molecule has 9 nitrogen and oxygen atoms in total. The number of phenols is 2. The Balaban J connectivity index is 0.000000212. The molecule has 6 rings (SSSR count). The molecular weight excluding hydrogens is 695 g/mol. The summed E-state index contributed by atoms with van der Waals surface area (Å²) in [5.74, 6) is 3.96. The molecule has 2 aliphatic heterocycles. The van der Waals surface area contributed by atoms with Crippen LogP contribution >= 0.6 is 0 Å². The van der Waals surface area contributed by atoms with E-state index in [9.17, 15) is 25.4 Å². The Kier molecular flexibility index (Phi) is 15.1. The molecule has 308 valence electrons. The van der Waals surface area contributed by atoms with Gasteiger partial charge in [-0.15, -0.1) is 10.1 Å². The van der Waals surface area contributed by atoms with Crippen molar-refractivity contribution >= 4 is 0 Å². The first-order chi connectivity index (χ1) is 26.3. The van der Waals surface area contributed by atoms with Crippen LogP contribution in [-0.2, 0) is 17.7 Å². The summed E-state index contributed by atoms with van der Waals surface area (Å²) in [6.45, 7) is 13.4. The van der Waals surface area contributed by atoms with Gasteiger partial charge in [0.05, 0.1) is 6.61 Å². The SMILES string of the molecule is CCCCCCCc1cc(O)c2c(c1)OC(C)(C)[C@@H]1CC[C@@H](CO)C[C@@H]21.CCCCCCCc1cc(O)c2c(c1)OC(C)(C)[C@@H]1CC[C@@H](CO[N+](=O)[O-])C[C@@H]21. The highest BCUT2D eigenvalue weighted by atomic mass is 16.9. The van der Waals surface area contributed by atoms with Crippen molar-refractivity contribution in [3.63, 3.8) is 0 Å². The Morgan fingerprint density at radius 1 is 0.691 bits per heavy atom. The topological polar surface area (TPSA) is 132 Å². The lowest BCUT2D eigenvalue weighted by Crippen LogP contribution is -2.47. The standard InChI is InChI=1S/C23H35NO5.C23H36O3/c1-4-5-6-7-8-9-16-13-20(25)22-18-12-17(15-28-24(26)27)10-11-19(18)23(2,3)29-21(22)14-16;1-4-5-6-7-8-9-16-13-20(25)22-18-12-17(15-24)10-11-19(18)23(2,3)26-21(22)14-16/h13-14,17-19,25H,4-12,15H2,1-3H3;13-14,17-19,24-25H,4-12,15H2,1-3H3/t2*17-,18-,19-/m11/s1. The number of aryl methyl sites for hydroxylation is 2. The molecular formula is C46H71NO8. The highest BCUT2D eigenvalue weighted by Gasteiger charge is 2.49. The molecule has 0 amide bonds. The van der Waals surface area contributed by atoms with Crippen LogP contribution in [0.5, 0.6) is 23.0 Å². The minimum absolute atomic E-state index is 0.126. The smallest absolute Gasteiger partial charge is 0.294 e. The average molecular weight is 766 g/mol. The van der Waals surface area contributed by atoms with Crippen LogP contribution in [-0.4, -0.2) is 44.8 Å². The van der Waals surface area contributed by atoms with Gasteiger partial charge in [-0.05, 0) is 151 Å². The Morgan fingerprint density at radius 3 is 1.56 bits per heavy atom. The van der Waals surface area contributed by atoms with Gasteiger partial charge in [-0.2, -0.15) is 0 Å². The van der Waals surface area contributed by atoms with Crippen molar-refractivity contribution in [2.45, 2.75) is 180 Å². The summed E-state index contributed by atoms with van der Waals surface area (Å²) in [4.78, 5) is 15.2. The van der Waals surface area contributed by atoms with Crippen LogP contribution < -0.4 is 9.47 Å². The van der Waals surface area contributed by atoms with Crippen molar-refractivity contribution in [1.82, 2.24) is 0 Å². The fourth-order valence-electron chi connectivity index (χ4n) is 10.4. The first-order valence-corrected chi connectivity index (χ1v) is 21.8. The van der Waals surface area contributed by atoms with Crippen molar-refractivity contribution in [2.75, 3.05) is 13.2 Å². The van der Waals surface area contributed by atoms with Crippen molar-refractivity contribution in [2.24, 2.45) is 23.7 Å². The number of nitrogens with zero attached hydrogens (tertiary/aromatic N) is 1. The van der Waals surface area contributed by atoms with E-state index < -0.39 is 5.09 Å². The van der Waals surface area contributed by atoms with Gasteiger partial charge in [-0.1, -0.05) is 65.2 Å². The van der Waals surface area contributed by atoms with Crippen LogP contribution in [0, 0.1) is 33.8 Å². The Bertz CT molecular complexity index is 1550. The molecule has 9 heteroatoms. The van der Waals surface area contributed by atoms with Gasteiger partial charge >= 0.3 is 0 Å². The molecule has 6 atom stereocenters. The minimum atomic E-state index is -0.710. The van der Waals surface area contributed by atoms with E-state index in [1.54, 1.807) is 0 Å². The summed E-state index contributed by atoms with van der Waals surface area (Å²) in [7, 11) is 0. The summed E-state index contributed by atoms with van der Waals surface area (Å²) in [5.41, 5.74) is 3.64. The fraction of sp³-hybridized carbons (Fsp3) is 0.739. The number of aliphatic hydroxyl groups excluding tert-OH is 1. The van der Waals surface area contributed by atoms with Crippen LogP contribution in [0.25, 0.3) is 0 Å². The van der Waals surface area contributed by atoms with Crippen molar-refractivity contribution in [3.8, 4) is 23.0 Å². The maximum absolute atomic E-state index is 10.9. The first kappa shape index (κ1) is 42.9. The Morgan fingerprint density at radius 2 is 1.13 bits per heavy atom. The van der Waals surface area contributed by atoms with Crippen LogP contribution in [0.2, 0.25) is 0 Å². The normalized spacial score (nSPS) is 25.7. The lowest BCUT2D eigenvalue weighted by molar-refractivity contribution is -0.759. The number of aliphatic hydroxyl groups is 1. The van der Waals surface area contributed by atoms with E-state index in [4.69, 9.17) is 9.47 Å². The van der Waals surface area contributed by atoms with Gasteiger partial charge in [0, 0.05) is 29.6 Å². The Labute approximate surface area is 330 Å². The van der Waals surface area contributed by atoms with Crippen molar-refractivity contribution in [1.29, 1.82) is 0 Å². The summed E-state index contributed by atoms with van der Waals surface area (Å²) >= 11 is 0. The number of benzene rings is 2. The zero-order chi connectivity index (χ0) is 39.8. The van der Waals surface area contributed by atoms with Crippen LogP contribution in [0.15, 0.2) is 24.3 Å². The molecule has 55 heavy (non-hydrogen) atoms. The molecule has 4 aliphatic rings. The number of hydrogen-bond donors (Lipinski definition) is 3. The summed E-state index contributed by atoms with van der Waals surface area (Å²) in [5, 5.41) is 41.2. The lowest BCUT2D eigenvalue weighted by Gasteiger charge is -2.49. The van der Waals surface area contributed by atoms with E-state index in [1.807, 2.05) is 12.1 Å². The zero-order valence-electron chi connectivity index (χ0n) is 34.7. The third kappa shape index (κ3) is 10.8. The van der Waals surface area contributed by atoms with Crippen molar-refractivity contribution in [3.05, 3.63) is 56.6 Å². The fourth-order valence-corrected chi connectivity index (χ4v) is 10.4. The number of rotatable bonds is 16. The van der Waals surface area contributed by atoms with E-state index in [1.165, 1.54) is 63.4 Å². The first-order valence-electron chi connectivity index (χ1n) is 21.8. The van der Waals surface area contributed by atoms with Crippen LogP contribution in [0.3, 0.4) is 0 Å². The molecule has 3 N–H and O–H groups in total. The van der Waals surface area contributed by atoms with Gasteiger partial charge in [-0.3, -0.25) is 0 Å². The summed E-state index contributed by atoms with van der Waals surface area (Å²) < 4.78 is 12.8. The number of fused-ring (bicyclic) bond motifs is 6. The molecule has 0 aromatic heterocycles. The molecule has 0 bridgehead atoms. The van der Waals surface area contributed by atoms with Crippen molar-refractivity contribution < 1.29 is 34.7 Å². The molecule has 2 aliphatic carbocycles. The molecule has 2 aromatic rings. The predicted octanol–water partition coefficient (Wildman–Crippen LogP) is 11.4. The Hall–Kier alpha value is -3.20. The lowest BCUT2D eigenvalue weighted by atomic mass is 9.64. The number of aromatic hydroxyl groups is 2. The number of ether oxygens (including phenoxy) is 2. The number of unbranched alkanes of at least 4 members (excludes halogenated alkanes) is 8. The molecule has 2 fully saturated rings. The average Bonchev–Trinajstić information content (AvgIpc) is 3.13. The summed E-state index contributed by atoms with van der Waals surface area (Å²) in [6, 6.07) is 8.12. The quantitative estimate of drug-likeness (QED) is 0.0874. The maximum Gasteiger partial charge on any atom is 0.294 e. The summed E-state index contributed by atoms with van der Waals surface area (Å²) in [6.07, 6.45) is 20.0. The van der Waals surface area contributed by atoms with Crippen LogP contribution in [0.1, 0.15) is 178 Å². The van der Waals surface area contributed by atoms with Gasteiger partial charge in [0.15, 0.2) is 0 Å². The second-order valence-corrected chi connectivity index (χ2v) is 18.3. The number of phenolic OH excluding ortho intramolecular Hbond substituents is 2. The molecule has 0 spiro atoms. The number of hydrogen-bond acceptors (Lipinski definition) is 8. The monoisotopic (exact) mass is 766 g/mol. The van der Waals surface area contributed by atoms with Gasteiger partial charge in [0.1, 0.15) is 34.2 Å². The van der Waals surface area contributed by atoms with E-state index in [2.05, 4.69) is 58.5 Å². The second-order valence-electron chi connectivity index (χ2n) is 18.3. The molecule has 0 unspecified atom stereocenters. The third-order valence-corrected chi connectivity index (χ3v) is 13.4. The highest BCUT2D eigenvalue weighted by Crippen LogP contribution is 2.57. The molecule has 2 aromatic carbocycles. The molecule has 2 saturated carbocycles. The van der Waals surface area contributed by atoms with E-state index in [-0.39, 0.29) is 42.2 Å². The largest absolute Gasteiger partial charge is 0.508 e. The van der Waals surface area contributed by atoms with E-state index in [0.29, 0.717) is 29.3 Å². The van der Waals surface area contributed by atoms with Gasteiger partial charge in [0.2, 0.25) is 0 Å². The van der Waals surface area contributed by atoms with Crippen LogP contribution in [0.4, 0.5) is 0 Å². The molecule has 0 saturated heterocycles. The predicted molar refractivity (Wildman–Crippen MR) is 218 cm³/mol. The second kappa shape index (κ2) is 19.3.